The van der Waals surface area contributed by atoms with Gasteiger partial charge in [0.05, 0.1) is 23.5 Å². The van der Waals surface area contributed by atoms with E-state index in [9.17, 15) is 0 Å². The molecule has 0 fully saturated rings. The van der Waals surface area contributed by atoms with Gasteiger partial charge in [0, 0.05) is 21.1 Å². The van der Waals surface area contributed by atoms with Gasteiger partial charge in [-0.1, -0.05) is 115 Å². The highest BCUT2D eigenvalue weighted by atomic mass is 15.1. The Morgan fingerprint density at radius 2 is 1.22 bits per heavy atom. The minimum Gasteiger partial charge on any atom is -0.294 e. The first-order valence-electron chi connectivity index (χ1n) is 18.0. The summed E-state index contributed by atoms with van der Waals surface area (Å²) in [4.78, 5) is 4.74. The zero-order valence-electron chi connectivity index (χ0n) is 30.0. The molecule has 0 aliphatic carbocycles. The maximum Gasteiger partial charge on any atom is 0.249 e. The van der Waals surface area contributed by atoms with Crippen LogP contribution < -0.4 is 4.57 Å². The molecule has 234 valence electrons. The van der Waals surface area contributed by atoms with Crippen molar-refractivity contribution in [2.75, 3.05) is 0 Å². The van der Waals surface area contributed by atoms with Crippen LogP contribution in [0.1, 0.15) is 31.9 Å². The fourth-order valence-electron chi connectivity index (χ4n) is 7.73. The average Bonchev–Trinajstić information content (AvgIpc) is 3.70. The topological polar surface area (TPSA) is 26.6 Å². The molecule has 0 saturated carbocycles. The first kappa shape index (κ1) is 25.8. The van der Waals surface area contributed by atoms with Gasteiger partial charge in [-0.25, -0.2) is 9.55 Å². The fourth-order valence-corrected chi connectivity index (χ4v) is 7.73. The number of pyridine rings is 1. The number of nitrogens with zero attached hydrogens (tertiary/aromatic N) is 4. The van der Waals surface area contributed by atoms with Crippen LogP contribution in [0.4, 0.5) is 0 Å². The zero-order chi connectivity index (χ0) is 35.5. The second-order valence-corrected chi connectivity index (χ2v) is 12.6. The van der Waals surface area contributed by atoms with E-state index in [0.29, 0.717) is 5.82 Å². The quantitative estimate of drug-likeness (QED) is 0.132. The second kappa shape index (κ2) is 11.5. The normalized spacial score (nSPS) is 13.0. The van der Waals surface area contributed by atoms with Gasteiger partial charge in [0.25, 0.3) is 0 Å². The van der Waals surface area contributed by atoms with Crippen molar-refractivity contribution in [2.24, 2.45) is 7.05 Å². The number of para-hydroxylation sites is 3. The number of aryl methyl sites for hydroxylation is 2. The van der Waals surface area contributed by atoms with E-state index in [1.165, 1.54) is 0 Å². The second-order valence-electron chi connectivity index (χ2n) is 12.6. The van der Waals surface area contributed by atoms with Gasteiger partial charge in [0.1, 0.15) is 11.5 Å². The summed E-state index contributed by atoms with van der Waals surface area (Å²) in [6, 6.07) is 57.0. The largest absolute Gasteiger partial charge is 0.294 e. The van der Waals surface area contributed by atoms with Crippen LogP contribution in [-0.2, 0) is 12.5 Å². The van der Waals surface area contributed by atoms with Crippen LogP contribution in [0.25, 0.3) is 44.3 Å². The molecule has 0 saturated heterocycles. The first-order valence-corrected chi connectivity index (χ1v) is 16.5. The molecule has 3 aromatic heterocycles. The molecule has 6 aromatic carbocycles. The lowest BCUT2D eigenvalue weighted by Gasteiger charge is -2.37. The van der Waals surface area contributed by atoms with Crippen molar-refractivity contribution in [3.63, 3.8) is 0 Å². The van der Waals surface area contributed by atoms with Gasteiger partial charge in [-0.15, -0.1) is 0 Å². The molecule has 0 aliphatic rings. The van der Waals surface area contributed by atoms with Crippen molar-refractivity contribution in [2.45, 2.75) is 12.3 Å². The van der Waals surface area contributed by atoms with Crippen LogP contribution >= 0.6 is 0 Å². The standard InChI is InChI=1S/C45H35N4/c1-32-26-27-46-44(28-32)49-40-21-10-9-20-38(40)39-25-24-36(30-43(39)49)45(33-14-5-3-6-15-33,34-16-7-4-8-17-34)35-18-13-19-37(29-35)48-31-47(2)41-22-11-12-23-42(41)48/h3-31H,1-2H3/q+1/i1D3. The molecule has 0 bridgehead atoms. The molecular formula is C45H35N4+. The molecule has 9 rings (SSSR count). The Morgan fingerprint density at radius 3 is 2.00 bits per heavy atom. The highest BCUT2D eigenvalue weighted by molar-refractivity contribution is 6.09. The SMILES string of the molecule is [2H]C([2H])([2H])c1ccnc(-n2c3ccccc3c3ccc(C(c4ccccc4)(c4ccccc4)c4cccc(-n5c[n+](C)c6ccccc65)c4)cc32)c1. The van der Waals surface area contributed by atoms with Crippen molar-refractivity contribution in [3.8, 4) is 11.5 Å². The van der Waals surface area contributed by atoms with Gasteiger partial charge >= 0.3 is 0 Å². The minimum atomic E-state index is -2.26. The average molecular weight is 635 g/mol. The lowest BCUT2D eigenvalue weighted by atomic mass is 9.65. The van der Waals surface area contributed by atoms with Gasteiger partial charge < -0.3 is 0 Å². The van der Waals surface area contributed by atoms with Gasteiger partial charge in [0.15, 0.2) is 11.0 Å². The Labute approximate surface area is 290 Å². The third kappa shape index (κ3) is 4.52. The zero-order valence-corrected chi connectivity index (χ0v) is 27.0. The lowest BCUT2D eigenvalue weighted by molar-refractivity contribution is -0.645. The van der Waals surface area contributed by atoms with Crippen molar-refractivity contribution in [1.82, 2.24) is 14.1 Å². The van der Waals surface area contributed by atoms with E-state index < -0.39 is 12.3 Å². The van der Waals surface area contributed by atoms with Gasteiger partial charge in [-0.05, 0) is 83.2 Å². The summed E-state index contributed by atoms with van der Waals surface area (Å²) in [5, 5.41) is 2.14. The fraction of sp³-hybridized carbons (Fsp3) is 0.0667. The Balaban J connectivity index is 1.38. The Kier molecular flexibility index (Phi) is 6.03. The third-order valence-corrected chi connectivity index (χ3v) is 9.86. The Hall–Kier alpha value is -6.26. The van der Waals surface area contributed by atoms with Crippen molar-refractivity contribution < 1.29 is 8.68 Å². The number of benzene rings is 6. The molecule has 0 radical (unpaired) electrons. The molecule has 0 spiro atoms. The third-order valence-electron chi connectivity index (χ3n) is 9.86. The number of fused-ring (bicyclic) bond motifs is 4. The number of imidazole rings is 1. The molecule has 4 heteroatoms. The molecule has 0 amide bonds. The Bertz CT molecular complexity index is 2710. The van der Waals surface area contributed by atoms with Gasteiger partial charge in [-0.3, -0.25) is 4.57 Å². The molecule has 9 aromatic rings. The van der Waals surface area contributed by atoms with E-state index in [2.05, 4.69) is 167 Å². The summed E-state index contributed by atoms with van der Waals surface area (Å²) in [6.45, 7) is -2.26. The molecular weight excluding hydrogens is 597 g/mol. The summed E-state index contributed by atoms with van der Waals surface area (Å²) in [5.74, 6) is 0.566. The van der Waals surface area contributed by atoms with Crippen LogP contribution in [0.2, 0.25) is 0 Å². The van der Waals surface area contributed by atoms with E-state index in [0.717, 1.165) is 60.8 Å². The summed E-state index contributed by atoms with van der Waals surface area (Å²) < 4.78 is 30.9. The summed E-state index contributed by atoms with van der Waals surface area (Å²) in [7, 11) is 2.08. The van der Waals surface area contributed by atoms with Crippen LogP contribution in [0.5, 0.6) is 0 Å². The highest BCUT2D eigenvalue weighted by Crippen LogP contribution is 2.47. The van der Waals surface area contributed by atoms with E-state index in [1.54, 1.807) is 18.3 Å². The summed E-state index contributed by atoms with van der Waals surface area (Å²) in [5.41, 5.74) is 9.24. The van der Waals surface area contributed by atoms with Crippen molar-refractivity contribution >= 4 is 32.8 Å². The van der Waals surface area contributed by atoms with E-state index in [-0.39, 0.29) is 5.56 Å². The van der Waals surface area contributed by atoms with E-state index in [1.807, 2.05) is 12.1 Å². The molecule has 0 N–H and O–H groups in total. The maximum absolute atomic E-state index is 8.14. The van der Waals surface area contributed by atoms with Crippen molar-refractivity contribution in [3.05, 3.63) is 204 Å². The van der Waals surface area contributed by atoms with Gasteiger partial charge in [0.2, 0.25) is 6.33 Å². The minimum absolute atomic E-state index is 0.255. The first-order chi connectivity index (χ1) is 25.3. The highest BCUT2D eigenvalue weighted by Gasteiger charge is 2.39. The number of hydrogen-bond acceptors (Lipinski definition) is 1. The number of aromatic nitrogens is 4. The molecule has 0 atom stereocenters. The predicted octanol–water partition coefficient (Wildman–Crippen LogP) is 9.64. The van der Waals surface area contributed by atoms with E-state index >= 15 is 0 Å². The molecule has 4 nitrogen and oxygen atoms in total. The monoisotopic (exact) mass is 634 g/mol. The number of hydrogen-bond donors (Lipinski definition) is 0. The van der Waals surface area contributed by atoms with Crippen LogP contribution in [0.3, 0.4) is 0 Å². The van der Waals surface area contributed by atoms with E-state index in [4.69, 9.17) is 9.10 Å². The van der Waals surface area contributed by atoms with Crippen LogP contribution in [0.15, 0.2) is 176 Å². The number of rotatable bonds is 6. The van der Waals surface area contributed by atoms with Crippen LogP contribution in [0, 0.1) is 6.85 Å². The van der Waals surface area contributed by atoms with Crippen LogP contribution in [-0.4, -0.2) is 14.1 Å². The Morgan fingerprint density at radius 1 is 0.571 bits per heavy atom. The molecule has 3 heterocycles. The molecule has 0 aliphatic heterocycles. The summed E-state index contributed by atoms with van der Waals surface area (Å²) in [6.07, 6.45) is 3.73. The lowest BCUT2D eigenvalue weighted by Crippen LogP contribution is -2.31. The van der Waals surface area contributed by atoms with Crippen molar-refractivity contribution in [1.29, 1.82) is 0 Å². The molecule has 0 unspecified atom stereocenters. The predicted molar refractivity (Wildman–Crippen MR) is 200 cm³/mol. The summed E-state index contributed by atoms with van der Waals surface area (Å²) >= 11 is 0. The smallest absolute Gasteiger partial charge is 0.249 e. The molecule has 49 heavy (non-hydrogen) atoms. The van der Waals surface area contributed by atoms with Gasteiger partial charge in [-0.2, -0.15) is 4.57 Å². The maximum atomic E-state index is 8.14.